The molecule has 0 rings (SSSR count). The fourth-order valence-corrected chi connectivity index (χ4v) is 3.56. The van der Waals surface area contributed by atoms with Crippen molar-refractivity contribution in [3.8, 4) is 0 Å². The number of carbonyl (C=O) groups is 5. The molecule has 0 aliphatic carbocycles. The summed E-state index contributed by atoms with van der Waals surface area (Å²) < 4.78 is 0. The molecule has 0 saturated heterocycles. The molecule has 11 nitrogen and oxygen atoms in total. The monoisotopic (exact) mass is 498 g/mol. The van der Waals surface area contributed by atoms with E-state index < -0.39 is 24.0 Å². The van der Waals surface area contributed by atoms with Crippen molar-refractivity contribution in [3.05, 3.63) is 0 Å². The number of amides is 5. The zero-order chi connectivity index (χ0) is 27.0. The van der Waals surface area contributed by atoms with Crippen molar-refractivity contribution < 1.29 is 24.0 Å². The van der Waals surface area contributed by atoms with Crippen LogP contribution in [0.5, 0.6) is 0 Å². The molecule has 0 aromatic carbocycles. The summed E-state index contributed by atoms with van der Waals surface area (Å²) in [6.07, 6.45) is 2.48. The van der Waals surface area contributed by atoms with E-state index in [2.05, 4.69) is 26.6 Å². The molecule has 202 valence electrons. The van der Waals surface area contributed by atoms with E-state index in [1.165, 1.54) is 13.8 Å². The lowest BCUT2D eigenvalue weighted by Gasteiger charge is -2.24. The van der Waals surface area contributed by atoms with Crippen molar-refractivity contribution in [2.24, 2.45) is 17.6 Å². The predicted molar refractivity (Wildman–Crippen MR) is 135 cm³/mol. The van der Waals surface area contributed by atoms with Crippen LogP contribution < -0.4 is 32.3 Å². The van der Waals surface area contributed by atoms with E-state index in [-0.39, 0.29) is 48.6 Å². The third kappa shape index (κ3) is 15.8. The first kappa shape index (κ1) is 32.3. The number of hydrogen-bond acceptors (Lipinski definition) is 6. The first-order valence-electron chi connectivity index (χ1n) is 12.5. The van der Waals surface area contributed by atoms with Gasteiger partial charge in [0.2, 0.25) is 29.5 Å². The van der Waals surface area contributed by atoms with Crippen molar-refractivity contribution in [1.82, 2.24) is 26.6 Å². The van der Waals surface area contributed by atoms with Crippen LogP contribution in [0.2, 0.25) is 0 Å². The highest BCUT2D eigenvalue weighted by Crippen LogP contribution is 2.08. The highest BCUT2D eigenvalue weighted by Gasteiger charge is 2.26. The molecule has 35 heavy (non-hydrogen) atoms. The van der Waals surface area contributed by atoms with Gasteiger partial charge >= 0.3 is 0 Å². The lowest BCUT2D eigenvalue weighted by atomic mass is 10.0. The quantitative estimate of drug-likeness (QED) is 0.153. The van der Waals surface area contributed by atoms with E-state index >= 15 is 0 Å². The molecule has 0 aliphatic heterocycles. The van der Waals surface area contributed by atoms with Crippen LogP contribution in [0.25, 0.3) is 0 Å². The standard InChI is InChI=1S/C24H46N6O5/c1-15(2)13-20(28-17(5)31)23(34)26-11-8-7-9-19(22(33)27-12-10-25)30-24(35)21(14-16(3)4)29-18(6)32/h15-16,19-21H,7-14,25H2,1-6H3,(H,26,34)(H,27,33)(H,28,31)(H,29,32)(H,30,35). The summed E-state index contributed by atoms with van der Waals surface area (Å²) >= 11 is 0. The van der Waals surface area contributed by atoms with E-state index in [0.717, 1.165) is 0 Å². The number of carbonyl (C=O) groups excluding carboxylic acids is 5. The Hall–Kier alpha value is -2.69. The first-order valence-corrected chi connectivity index (χ1v) is 12.5. The second kappa shape index (κ2) is 17.7. The third-order valence-electron chi connectivity index (χ3n) is 5.10. The highest BCUT2D eigenvalue weighted by molar-refractivity contribution is 5.91. The summed E-state index contributed by atoms with van der Waals surface area (Å²) in [5.41, 5.74) is 5.47. The number of hydrogen-bond donors (Lipinski definition) is 6. The molecule has 0 radical (unpaired) electrons. The Morgan fingerprint density at radius 3 is 1.54 bits per heavy atom. The van der Waals surface area contributed by atoms with Crippen molar-refractivity contribution >= 4 is 29.5 Å². The third-order valence-corrected chi connectivity index (χ3v) is 5.10. The van der Waals surface area contributed by atoms with Crippen LogP contribution >= 0.6 is 0 Å². The molecule has 0 aliphatic rings. The number of rotatable bonds is 17. The number of unbranched alkanes of at least 4 members (excludes halogenated alkanes) is 1. The Morgan fingerprint density at radius 1 is 0.629 bits per heavy atom. The van der Waals surface area contributed by atoms with Gasteiger partial charge in [0.15, 0.2) is 0 Å². The normalized spacial score (nSPS) is 13.5. The molecule has 0 spiro atoms. The minimum Gasteiger partial charge on any atom is -0.354 e. The molecular weight excluding hydrogens is 452 g/mol. The van der Waals surface area contributed by atoms with Gasteiger partial charge in [0.05, 0.1) is 0 Å². The van der Waals surface area contributed by atoms with Crippen LogP contribution in [-0.4, -0.2) is 67.3 Å². The maximum atomic E-state index is 12.8. The van der Waals surface area contributed by atoms with Crippen molar-refractivity contribution in [2.75, 3.05) is 19.6 Å². The fraction of sp³-hybridized carbons (Fsp3) is 0.792. The lowest BCUT2D eigenvalue weighted by molar-refractivity contribution is -0.132. The average molecular weight is 499 g/mol. The molecule has 3 atom stereocenters. The summed E-state index contributed by atoms with van der Waals surface area (Å²) in [5.74, 6) is -1.17. The smallest absolute Gasteiger partial charge is 0.243 e. The Bertz CT molecular complexity index is 698. The molecule has 0 aromatic heterocycles. The fourth-order valence-electron chi connectivity index (χ4n) is 3.56. The van der Waals surface area contributed by atoms with Crippen molar-refractivity contribution in [1.29, 1.82) is 0 Å². The molecule has 0 saturated carbocycles. The zero-order valence-electron chi connectivity index (χ0n) is 22.2. The molecule has 0 bridgehead atoms. The minimum absolute atomic E-state index is 0.169. The van der Waals surface area contributed by atoms with Crippen LogP contribution in [0.1, 0.15) is 73.6 Å². The Labute approximate surface area is 209 Å². The van der Waals surface area contributed by atoms with Crippen LogP contribution in [0.4, 0.5) is 0 Å². The van der Waals surface area contributed by atoms with Crippen LogP contribution in [0, 0.1) is 11.8 Å². The Balaban J connectivity index is 4.94. The molecule has 0 heterocycles. The van der Waals surface area contributed by atoms with Gasteiger partial charge in [0, 0.05) is 33.5 Å². The van der Waals surface area contributed by atoms with Gasteiger partial charge < -0.3 is 32.3 Å². The summed E-state index contributed by atoms with van der Waals surface area (Å²) in [6, 6.07) is -2.11. The second-order valence-electron chi connectivity index (χ2n) is 9.69. The van der Waals surface area contributed by atoms with Crippen molar-refractivity contribution in [3.63, 3.8) is 0 Å². The van der Waals surface area contributed by atoms with Gasteiger partial charge in [-0.25, -0.2) is 0 Å². The molecule has 0 fully saturated rings. The van der Waals surface area contributed by atoms with Gasteiger partial charge in [-0.05, 0) is 43.9 Å². The van der Waals surface area contributed by atoms with E-state index in [4.69, 9.17) is 5.73 Å². The second-order valence-corrected chi connectivity index (χ2v) is 9.69. The van der Waals surface area contributed by atoms with Crippen molar-refractivity contribution in [2.45, 2.75) is 91.8 Å². The Kier molecular flexibility index (Phi) is 16.3. The topological polar surface area (TPSA) is 172 Å². The van der Waals surface area contributed by atoms with Crippen LogP contribution in [0.15, 0.2) is 0 Å². The molecule has 3 unspecified atom stereocenters. The van der Waals surface area contributed by atoms with E-state index in [1.54, 1.807) is 0 Å². The summed E-state index contributed by atoms with van der Waals surface area (Å²) in [7, 11) is 0. The number of nitrogens with one attached hydrogen (secondary N) is 5. The molecule has 11 heteroatoms. The van der Waals surface area contributed by atoms with Gasteiger partial charge in [0.1, 0.15) is 18.1 Å². The lowest BCUT2D eigenvalue weighted by Crippen LogP contribution is -2.54. The van der Waals surface area contributed by atoms with Gasteiger partial charge in [-0.1, -0.05) is 27.7 Å². The summed E-state index contributed by atoms with van der Waals surface area (Å²) in [5, 5.41) is 13.6. The predicted octanol–water partition coefficient (Wildman–Crippen LogP) is -0.0658. The molecule has 7 N–H and O–H groups in total. The highest BCUT2D eigenvalue weighted by atomic mass is 16.2. The maximum absolute atomic E-state index is 12.8. The molecular formula is C24H46N6O5. The zero-order valence-corrected chi connectivity index (χ0v) is 22.2. The maximum Gasteiger partial charge on any atom is 0.243 e. The molecule has 0 aromatic rings. The minimum atomic E-state index is -0.791. The summed E-state index contributed by atoms with van der Waals surface area (Å²) in [4.78, 5) is 60.8. The van der Waals surface area contributed by atoms with Crippen LogP contribution in [0.3, 0.4) is 0 Å². The Morgan fingerprint density at radius 2 is 1.09 bits per heavy atom. The van der Waals surface area contributed by atoms with Gasteiger partial charge in [-0.15, -0.1) is 0 Å². The van der Waals surface area contributed by atoms with E-state index in [9.17, 15) is 24.0 Å². The SMILES string of the molecule is CC(=O)NC(CC(C)C)C(=O)NCCCCC(NC(=O)C(CC(C)C)NC(C)=O)C(=O)NCCN. The van der Waals surface area contributed by atoms with E-state index in [1.807, 2.05) is 27.7 Å². The largest absolute Gasteiger partial charge is 0.354 e. The average Bonchev–Trinajstić information content (AvgIpc) is 2.73. The van der Waals surface area contributed by atoms with Gasteiger partial charge in [-0.2, -0.15) is 0 Å². The van der Waals surface area contributed by atoms with Crippen LogP contribution in [-0.2, 0) is 24.0 Å². The summed E-state index contributed by atoms with van der Waals surface area (Å²) in [6.45, 7) is 11.5. The number of nitrogens with two attached hydrogens (primary N) is 1. The first-order chi connectivity index (χ1) is 16.4. The van der Waals surface area contributed by atoms with Gasteiger partial charge in [0.25, 0.3) is 0 Å². The van der Waals surface area contributed by atoms with E-state index in [0.29, 0.717) is 38.6 Å². The molecule has 5 amide bonds. The van der Waals surface area contributed by atoms with Gasteiger partial charge in [-0.3, -0.25) is 24.0 Å².